The van der Waals surface area contributed by atoms with Crippen molar-refractivity contribution >= 4 is 17.7 Å². The summed E-state index contributed by atoms with van der Waals surface area (Å²) in [5, 5.41) is 10.8. The lowest BCUT2D eigenvalue weighted by molar-refractivity contribution is -0.118. The van der Waals surface area contributed by atoms with Crippen molar-refractivity contribution in [3.8, 4) is 11.5 Å². The maximum absolute atomic E-state index is 12.6. The molecule has 0 unspecified atom stereocenters. The van der Waals surface area contributed by atoms with Gasteiger partial charge in [-0.3, -0.25) is 4.79 Å². The molecule has 138 valence electrons. The quantitative estimate of drug-likeness (QED) is 0.653. The second-order valence-corrected chi connectivity index (χ2v) is 6.82. The van der Waals surface area contributed by atoms with Gasteiger partial charge in [0, 0.05) is 0 Å². The van der Waals surface area contributed by atoms with E-state index in [4.69, 9.17) is 9.47 Å². The molecule has 2 aromatic carbocycles. The van der Waals surface area contributed by atoms with Gasteiger partial charge in [-0.25, -0.2) is 9.69 Å². The molecule has 0 spiro atoms. The number of carbonyl (C=O) groups excluding carboxylic acids is 1. The van der Waals surface area contributed by atoms with Crippen LogP contribution in [0.4, 0.5) is 0 Å². The topological polar surface area (TPSA) is 69.5 Å². The highest BCUT2D eigenvalue weighted by Gasteiger charge is 2.29. The summed E-state index contributed by atoms with van der Waals surface area (Å²) in [6.45, 7) is 0.624. The highest BCUT2D eigenvalue weighted by Crippen LogP contribution is 2.28. The number of aromatic nitrogens is 3. The lowest BCUT2D eigenvalue weighted by Crippen LogP contribution is -2.45. The van der Waals surface area contributed by atoms with Crippen molar-refractivity contribution in [2.75, 3.05) is 17.9 Å². The maximum Gasteiger partial charge on any atom is 0.252 e. The Morgan fingerprint density at radius 2 is 1.78 bits per heavy atom. The van der Waals surface area contributed by atoms with Crippen molar-refractivity contribution in [2.45, 2.75) is 18.3 Å². The van der Waals surface area contributed by atoms with Gasteiger partial charge in [0.15, 0.2) is 17.3 Å². The zero-order valence-corrected chi connectivity index (χ0v) is 15.6. The van der Waals surface area contributed by atoms with Gasteiger partial charge in [-0.2, -0.15) is 0 Å². The molecule has 0 bridgehead atoms. The number of nitrogens with zero attached hydrogens (tertiary/aromatic N) is 4. The first-order chi connectivity index (χ1) is 13.3. The number of hydrogen-bond donors (Lipinski definition) is 0. The Morgan fingerprint density at radius 3 is 2.56 bits per heavy atom. The molecule has 4 rings (SSSR count). The Labute approximate surface area is 160 Å². The minimum Gasteiger partial charge on any atom is -0.493 e. The minimum atomic E-state index is 0.00898. The average Bonchev–Trinajstić information content (AvgIpc) is 3.13. The van der Waals surface area contributed by atoms with Crippen molar-refractivity contribution in [1.82, 2.24) is 14.9 Å². The zero-order chi connectivity index (χ0) is 18.6. The molecule has 0 N–H and O–H groups in total. The maximum atomic E-state index is 12.6. The van der Waals surface area contributed by atoms with E-state index >= 15 is 0 Å². The minimum absolute atomic E-state index is 0.00898. The predicted octanol–water partition coefficient (Wildman–Crippen LogP) is 2.64. The molecule has 2 heterocycles. The molecule has 3 aromatic rings. The van der Waals surface area contributed by atoms with Crippen LogP contribution < -0.4 is 14.5 Å². The first-order valence-corrected chi connectivity index (χ1v) is 9.42. The fourth-order valence-electron chi connectivity index (χ4n) is 2.83. The fraction of sp³-hybridized carbons (Fsp3) is 0.211. The largest absolute Gasteiger partial charge is 0.493 e. The van der Waals surface area contributed by atoms with Gasteiger partial charge < -0.3 is 9.47 Å². The Morgan fingerprint density at radius 1 is 1.04 bits per heavy atom. The van der Waals surface area contributed by atoms with Crippen LogP contribution in [0.2, 0.25) is 0 Å². The standard InChI is InChI=1S/C19H18N4O3S/c1-25-15-9-5-6-10-16(15)26-12-17-20-21-19-23(17)22(18(24)13-27-19)11-14-7-3-2-4-8-14/h2-10H,11-13H2,1H3. The SMILES string of the molecule is COc1ccccc1OCc1nnc2n1N(Cc1ccccc1)C(=O)CS2. The summed E-state index contributed by atoms with van der Waals surface area (Å²) in [6.07, 6.45) is 0. The Kier molecular flexibility index (Phi) is 4.97. The van der Waals surface area contributed by atoms with Crippen molar-refractivity contribution < 1.29 is 14.3 Å². The van der Waals surface area contributed by atoms with Gasteiger partial charge in [0.1, 0.15) is 6.61 Å². The summed E-state index contributed by atoms with van der Waals surface area (Å²) in [5.74, 6) is 2.17. The number of hydrogen-bond acceptors (Lipinski definition) is 6. The lowest BCUT2D eigenvalue weighted by Gasteiger charge is -2.29. The summed E-state index contributed by atoms with van der Waals surface area (Å²) in [7, 11) is 1.60. The molecule has 7 nitrogen and oxygen atoms in total. The van der Waals surface area contributed by atoms with Crippen LogP contribution in [0.1, 0.15) is 11.4 Å². The number of fused-ring (bicyclic) bond motifs is 1. The Balaban J connectivity index is 1.59. The monoisotopic (exact) mass is 382 g/mol. The van der Waals surface area contributed by atoms with Crippen LogP contribution in [0.5, 0.6) is 11.5 Å². The number of para-hydroxylation sites is 2. The van der Waals surface area contributed by atoms with E-state index < -0.39 is 0 Å². The molecule has 0 radical (unpaired) electrons. The molecular weight excluding hydrogens is 364 g/mol. The summed E-state index contributed by atoms with van der Waals surface area (Å²) >= 11 is 1.38. The van der Waals surface area contributed by atoms with Crippen LogP contribution in [0.25, 0.3) is 0 Å². The predicted molar refractivity (Wildman–Crippen MR) is 101 cm³/mol. The molecule has 0 aliphatic carbocycles. The summed E-state index contributed by atoms with van der Waals surface area (Å²) in [6, 6.07) is 17.3. The van der Waals surface area contributed by atoms with Crippen molar-refractivity contribution in [1.29, 1.82) is 0 Å². The Hall–Kier alpha value is -3.00. The third kappa shape index (κ3) is 3.61. The second kappa shape index (κ2) is 7.71. The molecule has 0 saturated heterocycles. The van der Waals surface area contributed by atoms with Crippen molar-refractivity contribution in [2.24, 2.45) is 0 Å². The zero-order valence-electron chi connectivity index (χ0n) is 14.7. The first kappa shape index (κ1) is 17.4. The van der Waals surface area contributed by atoms with E-state index in [-0.39, 0.29) is 12.5 Å². The average molecular weight is 382 g/mol. The molecule has 0 fully saturated rings. The van der Waals surface area contributed by atoms with Crippen LogP contribution in [-0.2, 0) is 17.9 Å². The van der Waals surface area contributed by atoms with Gasteiger partial charge in [0.2, 0.25) is 5.16 Å². The van der Waals surface area contributed by atoms with Gasteiger partial charge in [0.05, 0.1) is 19.4 Å². The number of carbonyl (C=O) groups is 1. The lowest BCUT2D eigenvalue weighted by atomic mass is 10.2. The molecule has 8 heteroatoms. The van der Waals surface area contributed by atoms with Gasteiger partial charge in [-0.1, -0.05) is 54.2 Å². The molecule has 1 aliphatic rings. The molecule has 0 atom stereocenters. The number of rotatable bonds is 6. The number of thioether (sulfide) groups is 1. The van der Waals surface area contributed by atoms with E-state index in [9.17, 15) is 4.79 Å². The van der Waals surface area contributed by atoms with Gasteiger partial charge in [-0.15, -0.1) is 10.2 Å². The highest BCUT2D eigenvalue weighted by molar-refractivity contribution is 7.99. The van der Waals surface area contributed by atoms with Crippen LogP contribution >= 0.6 is 11.8 Å². The summed E-state index contributed by atoms with van der Waals surface area (Å²) < 4.78 is 12.9. The molecular formula is C19H18N4O3S. The highest BCUT2D eigenvalue weighted by atomic mass is 32.2. The van der Waals surface area contributed by atoms with E-state index in [1.165, 1.54) is 11.8 Å². The van der Waals surface area contributed by atoms with Crippen LogP contribution in [0, 0.1) is 0 Å². The van der Waals surface area contributed by atoms with Crippen LogP contribution in [0.15, 0.2) is 59.8 Å². The van der Waals surface area contributed by atoms with E-state index in [0.717, 1.165) is 5.56 Å². The summed E-state index contributed by atoms with van der Waals surface area (Å²) in [4.78, 5) is 12.6. The van der Waals surface area contributed by atoms with E-state index in [0.29, 0.717) is 34.8 Å². The fourth-order valence-corrected chi connectivity index (χ4v) is 3.65. The Bertz CT molecular complexity index is 945. The second-order valence-electron chi connectivity index (χ2n) is 5.88. The third-order valence-corrected chi connectivity index (χ3v) is 5.04. The van der Waals surface area contributed by atoms with Crippen molar-refractivity contribution in [3.05, 3.63) is 66.0 Å². The smallest absolute Gasteiger partial charge is 0.252 e. The number of amides is 1. The third-order valence-electron chi connectivity index (χ3n) is 4.13. The molecule has 1 amide bonds. The van der Waals surface area contributed by atoms with Gasteiger partial charge >= 0.3 is 0 Å². The van der Waals surface area contributed by atoms with Crippen LogP contribution in [0.3, 0.4) is 0 Å². The molecule has 0 saturated carbocycles. The molecule has 1 aromatic heterocycles. The van der Waals surface area contributed by atoms with Crippen molar-refractivity contribution in [3.63, 3.8) is 0 Å². The molecule has 27 heavy (non-hydrogen) atoms. The van der Waals surface area contributed by atoms with Gasteiger partial charge in [-0.05, 0) is 17.7 Å². The first-order valence-electron chi connectivity index (χ1n) is 8.44. The number of methoxy groups -OCH3 is 1. The normalized spacial score (nSPS) is 13.4. The summed E-state index contributed by atoms with van der Waals surface area (Å²) in [5.41, 5.74) is 1.04. The number of benzene rings is 2. The van der Waals surface area contributed by atoms with Crippen LogP contribution in [-0.4, -0.2) is 33.6 Å². The van der Waals surface area contributed by atoms with E-state index in [1.54, 1.807) is 16.8 Å². The molecule has 1 aliphatic heterocycles. The van der Waals surface area contributed by atoms with Gasteiger partial charge in [0.25, 0.3) is 5.91 Å². The van der Waals surface area contributed by atoms with E-state index in [2.05, 4.69) is 10.2 Å². The number of ether oxygens (including phenoxy) is 2. The van der Waals surface area contributed by atoms with E-state index in [1.807, 2.05) is 54.6 Å².